The van der Waals surface area contributed by atoms with Gasteiger partial charge in [0.2, 0.25) is 0 Å². The van der Waals surface area contributed by atoms with E-state index in [2.05, 4.69) is 12.2 Å². The molecule has 0 aromatic rings. The van der Waals surface area contributed by atoms with Crippen LogP contribution in [-0.2, 0) is 0 Å². The van der Waals surface area contributed by atoms with Gasteiger partial charge in [0.05, 0.1) is 0 Å². The molecule has 0 amide bonds. The SMILES string of the molecule is CCC1(NCC(Cl)=CCl)CCC1. The molecule has 1 aliphatic rings. The van der Waals surface area contributed by atoms with Gasteiger partial charge in [-0.05, 0) is 25.7 Å². The molecule has 1 aliphatic carbocycles. The Bertz CT molecular complexity index is 168. The Hall–Kier alpha value is 0.280. The molecule has 0 atom stereocenters. The highest BCUT2D eigenvalue weighted by Gasteiger charge is 2.34. The molecule has 1 N–H and O–H groups in total. The molecule has 12 heavy (non-hydrogen) atoms. The molecule has 0 spiro atoms. The molecular weight excluding hydrogens is 193 g/mol. The van der Waals surface area contributed by atoms with E-state index < -0.39 is 0 Å². The van der Waals surface area contributed by atoms with Crippen molar-refractivity contribution >= 4 is 23.2 Å². The first-order chi connectivity index (χ1) is 5.72. The molecule has 1 saturated carbocycles. The van der Waals surface area contributed by atoms with Crippen LogP contribution >= 0.6 is 23.2 Å². The molecule has 0 heterocycles. The highest BCUT2D eigenvalue weighted by atomic mass is 35.5. The molecule has 0 aromatic carbocycles. The maximum Gasteiger partial charge on any atom is 0.0432 e. The normalized spacial score (nSPS) is 22.1. The minimum atomic E-state index is 0.361. The highest BCUT2D eigenvalue weighted by Crippen LogP contribution is 2.34. The van der Waals surface area contributed by atoms with Gasteiger partial charge in [-0.1, -0.05) is 30.1 Å². The molecule has 1 nitrogen and oxygen atoms in total. The molecular formula is C9H15Cl2N. The van der Waals surface area contributed by atoms with E-state index in [1.807, 2.05) is 0 Å². The zero-order valence-corrected chi connectivity index (χ0v) is 8.88. The van der Waals surface area contributed by atoms with Gasteiger partial charge in [0, 0.05) is 22.7 Å². The first-order valence-electron chi connectivity index (χ1n) is 4.42. The maximum atomic E-state index is 5.78. The minimum Gasteiger partial charge on any atom is -0.306 e. The van der Waals surface area contributed by atoms with E-state index in [-0.39, 0.29) is 0 Å². The lowest BCUT2D eigenvalue weighted by atomic mass is 9.75. The molecule has 0 saturated heterocycles. The summed E-state index contributed by atoms with van der Waals surface area (Å²) in [5.74, 6) is 0. The molecule has 0 aliphatic heterocycles. The molecule has 0 unspecified atom stereocenters. The third kappa shape index (κ3) is 2.38. The van der Waals surface area contributed by atoms with Crippen molar-refractivity contribution in [1.82, 2.24) is 5.32 Å². The Morgan fingerprint density at radius 2 is 2.25 bits per heavy atom. The van der Waals surface area contributed by atoms with Gasteiger partial charge in [-0.15, -0.1) is 0 Å². The first-order valence-corrected chi connectivity index (χ1v) is 5.24. The van der Waals surface area contributed by atoms with Crippen molar-refractivity contribution in [3.05, 3.63) is 10.6 Å². The number of hydrogen-bond donors (Lipinski definition) is 1. The first kappa shape index (κ1) is 10.4. The number of rotatable bonds is 4. The van der Waals surface area contributed by atoms with Gasteiger partial charge in [-0.3, -0.25) is 0 Å². The fourth-order valence-corrected chi connectivity index (χ4v) is 1.71. The second-order valence-electron chi connectivity index (χ2n) is 3.40. The fraction of sp³-hybridized carbons (Fsp3) is 0.778. The van der Waals surface area contributed by atoms with Crippen molar-refractivity contribution in [2.75, 3.05) is 6.54 Å². The van der Waals surface area contributed by atoms with Crippen LogP contribution in [0.2, 0.25) is 0 Å². The quantitative estimate of drug-likeness (QED) is 0.747. The average molecular weight is 208 g/mol. The van der Waals surface area contributed by atoms with Crippen LogP contribution < -0.4 is 5.32 Å². The van der Waals surface area contributed by atoms with Gasteiger partial charge in [-0.25, -0.2) is 0 Å². The van der Waals surface area contributed by atoms with Gasteiger partial charge >= 0.3 is 0 Å². The van der Waals surface area contributed by atoms with Gasteiger partial charge in [0.15, 0.2) is 0 Å². The summed E-state index contributed by atoms with van der Waals surface area (Å²) in [6.45, 7) is 2.92. The Labute approximate surface area is 84.1 Å². The summed E-state index contributed by atoms with van der Waals surface area (Å²) < 4.78 is 0. The van der Waals surface area contributed by atoms with E-state index in [1.165, 1.54) is 31.2 Å². The smallest absolute Gasteiger partial charge is 0.0432 e. The zero-order valence-electron chi connectivity index (χ0n) is 7.37. The lowest BCUT2D eigenvalue weighted by Crippen LogP contribution is -2.50. The van der Waals surface area contributed by atoms with Crippen LogP contribution in [0.1, 0.15) is 32.6 Å². The minimum absolute atomic E-state index is 0.361. The fourth-order valence-electron chi connectivity index (χ4n) is 1.57. The van der Waals surface area contributed by atoms with E-state index in [4.69, 9.17) is 23.2 Å². The van der Waals surface area contributed by atoms with E-state index in [9.17, 15) is 0 Å². The predicted molar refractivity (Wildman–Crippen MR) is 54.7 cm³/mol. The lowest BCUT2D eigenvalue weighted by Gasteiger charge is -2.42. The summed E-state index contributed by atoms with van der Waals surface area (Å²) in [5.41, 5.74) is 1.79. The maximum absolute atomic E-state index is 5.78. The number of hydrogen-bond acceptors (Lipinski definition) is 1. The Morgan fingerprint density at radius 3 is 2.58 bits per heavy atom. The topological polar surface area (TPSA) is 12.0 Å². The van der Waals surface area contributed by atoms with E-state index in [0.717, 1.165) is 0 Å². The van der Waals surface area contributed by atoms with Crippen LogP contribution in [0, 0.1) is 0 Å². The standard InChI is InChI=1S/C9H15Cl2N/c1-2-9(4-3-5-9)12-7-8(11)6-10/h6,12H,2-5,7H2,1H3. The molecule has 0 radical (unpaired) electrons. The van der Waals surface area contributed by atoms with Crippen molar-refractivity contribution in [2.24, 2.45) is 0 Å². The summed E-state index contributed by atoms with van der Waals surface area (Å²) in [5, 5.41) is 4.14. The van der Waals surface area contributed by atoms with E-state index in [1.54, 1.807) is 0 Å². The highest BCUT2D eigenvalue weighted by molar-refractivity contribution is 6.36. The van der Waals surface area contributed by atoms with Crippen molar-refractivity contribution in [2.45, 2.75) is 38.1 Å². The van der Waals surface area contributed by atoms with Gasteiger partial charge < -0.3 is 5.32 Å². The Kier molecular flexibility index (Phi) is 3.88. The summed E-state index contributed by atoms with van der Waals surface area (Å²) in [6.07, 6.45) is 5.06. The summed E-state index contributed by atoms with van der Waals surface area (Å²) >= 11 is 11.2. The van der Waals surface area contributed by atoms with Crippen LogP contribution in [-0.4, -0.2) is 12.1 Å². The van der Waals surface area contributed by atoms with Crippen LogP contribution in [0.3, 0.4) is 0 Å². The molecule has 0 bridgehead atoms. The summed E-state index contributed by atoms with van der Waals surface area (Å²) in [4.78, 5) is 0. The Balaban J connectivity index is 2.29. The van der Waals surface area contributed by atoms with Crippen LogP contribution in [0.4, 0.5) is 0 Å². The molecule has 3 heteroatoms. The van der Waals surface area contributed by atoms with E-state index in [0.29, 0.717) is 17.1 Å². The van der Waals surface area contributed by atoms with Crippen molar-refractivity contribution in [3.63, 3.8) is 0 Å². The third-order valence-corrected chi connectivity index (χ3v) is 3.36. The zero-order chi connectivity index (χ0) is 9.03. The van der Waals surface area contributed by atoms with Crippen molar-refractivity contribution in [1.29, 1.82) is 0 Å². The third-order valence-electron chi connectivity index (χ3n) is 2.74. The van der Waals surface area contributed by atoms with Crippen LogP contribution in [0.25, 0.3) is 0 Å². The average Bonchev–Trinajstić information content (AvgIpc) is 2.03. The second kappa shape index (κ2) is 4.50. The largest absolute Gasteiger partial charge is 0.306 e. The lowest BCUT2D eigenvalue weighted by molar-refractivity contribution is 0.184. The van der Waals surface area contributed by atoms with Crippen LogP contribution in [0.5, 0.6) is 0 Å². The van der Waals surface area contributed by atoms with Crippen molar-refractivity contribution in [3.8, 4) is 0 Å². The monoisotopic (exact) mass is 207 g/mol. The molecule has 0 aromatic heterocycles. The molecule has 1 fully saturated rings. The summed E-state index contributed by atoms with van der Waals surface area (Å²) in [7, 11) is 0. The van der Waals surface area contributed by atoms with Gasteiger partial charge in [0.25, 0.3) is 0 Å². The molecule has 70 valence electrons. The second-order valence-corrected chi connectivity index (χ2v) is 4.10. The van der Waals surface area contributed by atoms with Crippen molar-refractivity contribution < 1.29 is 0 Å². The Morgan fingerprint density at radius 1 is 1.58 bits per heavy atom. The molecule has 1 rings (SSSR count). The van der Waals surface area contributed by atoms with Gasteiger partial charge in [-0.2, -0.15) is 0 Å². The number of halogens is 2. The predicted octanol–water partition coefficient (Wildman–Crippen LogP) is 3.23. The van der Waals surface area contributed by atoms with Gasteiger partial charge in [0.1, 0.15) is 0 Å². The summed E-state index contributed by atoms with van der Waals surface area (Å²) in [6, 6.07) is 0. The van der Waals surface area contributed by atoms with Crippen LogP contribution in [0.15, 0.2) is 10.6 Å². The number of nitrogens with one attached hydrogen (secondary N) is 1. The van der Waals surface area contributed by atoms with E-state index >= 15 is 0 Å².